The number of hydrogen-bond acceptors (Lipinski definition) is 6. The van der Waals surface area contributed by atoms with Crippen LogP contribution in [-0.2, 0) is 9.59 Å². The largest absolute Gasteiger partial charge is 0.366 e. The number of nitrogens with zero attached hydrogens (tertiary/aromatic N) is 2. The minimum atomic E-state index is -0.925. The van der Waals surface area contributed by atoms with Crippen LogP contribution in [0.4, 0.5) is 5.69 Å². The average Bonchev–Trinajstić information content (AvgIpc) is 2.98. The first-order chi connectivity index (χ1) is 14.0. The number of nitrogens with one attached hydrogen (secondary N) is 2. The fraction of sp³-hybridized carbons (Fsp3) is 0.524. The van der Waals surface area contributed by atoms with E-state index in [2.05, 4.69) is 15.5 Å². The summed E-state index contributed by atoms with van der Waals surface area (Å²) < 4.78 is 0. The monoisotopic (exact) mass is 396 g/mol. The third-order valence-corrected chi connectivity index (χ3v) is 6.64. The average molecular weight is 396 g/mol. The zero-order valence-corrected chi connectivity index (χ0v) is 16.1. The van der Waals surface area contributed by atoms with Gasteiger partial charge >= 0.3 is 0 Å². The fourth-order valence-electron chi connectivity index (χ4n) is 5.22. The highest BCUT2D eigenvalue weighted by Crippen LogP contribution is 2.34. The van der Waals surface area contributed by atoms with Gasteiger partial charge in [0.25, 0.3) is 11.8 Å². The molecular weight excluding hydrogens is 372 g/mol. The Morgan fingerprint density at radius 2 is 1.72 bits per heavy atom. The van der Waals surface area contributed by atoms with Crippen LogP contribution >= 0.6 is 0 Å². The number of fused-ring (bicyclic) bond motifs is 2. The zero-order valence-electron chi connectivity index (χ0n) is 16.1. The smallest absolute Gasteiger partial charge is 0.262 e. The molecule has 0 bridgehead atoms. The van der Waals surface area contributed by atoms with Gasteiger partial charge in [-0.1, -0.05) is 12.8 Å². The van der Waals surface area contributed by atoms with Gasteiger partial charge in [0.1, 0.15) is 6.04 Å². The molecule has 5 rings (SSSR count). The lowest BCUT2D eigenvalue weighted by Gasteiger charge is -2.46. The van der Waals surface area contributed by atoms with Crippen molar-refractivity contribution < 1.29 is 19.2 Å². The molecule has 1 aromatic rings. The summed E-state index contributed by atoms with van der Waals surface area (Å²) in [6, 6.07) is 5.35. The molecule has 3 atom stereocenters. The van der Waals surface area contributed by atoms with Crippen molar-refractivity contribution in [2.45, 2.75) is 56.7 Å². The Morgan fingerprint density at radius 1 is 0.931 bits per heavy atom. The summed E-state index contributed by atoms with van der Waals surface area (Å²) in [6.07, 6.45) is 5.01. The van der Waals surface area contributed by atoms with Gasteiger partial charge in [0, 0.05) is 37.3 Å². The Hall–Kier alpha value is -2.74. The molecule has 0 aromatic heterocycles. The summed E-state index contributed by atoms with van der Waals surface area (Å²) in [5.41, 5.74) is 1.63. The molecule has 0 radical (unpaired) electrons. The highest BCUT2D eigenvalue weighted by molar-refractivity contribution is 6.23. The van der Waals surface area contributed by atoms with E-state index in [1.165, 1.54) is 12.8 Å². The molecule has 29 heavy (non-hydrogen) atoms. The second-order valence-electron chi connectivity index (χ2n) is 8.28. The molecule has 8 nitrogen and oxygen atoms in total. The summed E-state index contributed by atoms with van der Waals surface area (Å²) >= 11 is 0. The fourth-order valence-corrected chi connectivity index (χ4v) is 5.22. The number of rotatable bonds is 2. The third-order valence-electron chi connectivity index (χ3n) is 6.64. The van der Waals surface area contributed by atoms with Gasteiger partial charge in [-0.15, -0.1) is 0 Å². The maximum absolute atomic E-state index is 13.1. The van der Waals surface area contributed by atoms with Crippen LogP contribution in [0.2, 0.25) is 0 Å². The highest BCUT2D eigenvalue weighted by atomic mass is 16.2. The Morgan fingerprint density at radius 3 is 2.55 bits per heavy atom. The van der Waals surface area contributed by atoms with Crippen LogP contribution in [0.3, 0.4) is 0 Å². The molecule has 2 saturated heterocycles. The maximum Gasteiger partial charge on any atom is 0.262 e. The molecule has 1 saturated carbocycles. The standard InChI is InChI=1S/C21H24N4O4/c26-18-8-7-17(19(27)23-18)25-20(28)13-6-5-12(11-14(13)21(25)29)24-10-9-22-15-3-1-2-4-16(15)24/h5-6,11,15-17,22H,1-4,7-10H2,(H,23,26,27)/t15-,16-,17?/m1/s1. The normalized spacial score (nSPS) is 29.6. The minimum Gasteiger partial charge on any atom is -0.366 e. The van der Waals surface area contributed by atoms with Crippen molar-refractivity contribution in [3.8, 4) is 0 Å². The second-order valence-corrected chi connectivity index (χ2v) is 8.28. The minimum absolute atomic E-state index is 0.124. The van der Waals surface area contributed by atoms with Crippen molar-refractivity contribution in [3.05, 3.63) is 29.3 Å². The summed E-state index contributed by atoms with van der Waals surface area (Å²) in [4.78, 5) is 52.9. The van der Waals surface area contributed by atoms with E-state index in [1.54, 1.807) is 12.1 Å². The van der Waals surface area contributed by atoms with E-state index in [1.807, 2.05) is 6.07 Å². The molecule has 4 amide bonds. The highest BCUT2D eigenvalue weighted by Gasteiger charge is 2.45. The molecular formula is C21H24N4O4. The van der Waals surface area contributed by atoms with Crippen molar-refractivity contribution >= 4 is 29.3 Å². The van der Waals surface area contributed by atoms with E-state index in [0.717, 1.165) is 36.5 Å². The molecule has 4 aliphatic rings. The Bertz CT molecular complexity index is 912. The third kappa shape index (κ3) is 2.93. The van der Waals surface area contributed by atoms with Gasteiger partial charge in [0.05, 0.1) is 11.1 Å². The Balaban J connectivity index is 1.44. The summed E-state index contributed by atoms with van der Waals surface area (Å²) in [5, 5.41) is 5.83. The lowest BCUT2D eigenvalue weighted by atomic mass is 9.87. The number of anilines is 1. The lowest BCUT2D eigenvalue weighted by Crippen LogP contribution is -2.59. The van der Waals surface area contributed by atoms with Crippen LogP contribution in [-0.4, -0.2) is 59.7 Å². The van der Waals surface area contributed by atoms with Crippen LogP contribution in [0.5, 0.6) is 0 Å². The molecule has 1 aromatic carbocycles. The van der Waals surface area contributed by atoms with E-state index in [9.17, 15) is 19.2 Å². The molecule has 0 spiro atoms. The summed E-state index contributed by atoms with van der Waals surface area (Å²) in [6.45, 7) is 1.76. The summed E-state index contributed by atoms with van der Waals surface area (Å²) in [5.74, 6) is -1.85. The summed E-state index contributed by atoms with van der Waals surface area (Å²) in [7, 11) is 0. The lowest BCUT2D eigenvalue weighted by molar-refractivity contribution is -0.136. The van der Waals surface area contributed by atoms with Gasteiger partial charge < -0.3 is 10.2 Å². The number of hydrogen-bond donors (Lipinski definition) is 2. The van der Waals surface area contributed by atoms with Crippen molar-refractivity contribution in [3.63, 3.8) is 0 Å². The van der Waals surface area contributed by atoms with Crippen LogP contribution in [0.15, 0.2) is 18.2 Å². The number of imide groups is 2. The van der Waals surface area contributed by atoms with Crippen LogP contribution in [0.25, 0.3) is 0 Å². The number of benzene rings is 1. The molecule has 152 valence electrons. The topological polar surface area (TPSA) is 98.8 Å². The molecule has 1 unspecified atom stereocenters. The predicted molar refractivity (Wildman–Crippen MR) is 105 cm³/mol. The van der Waals surface area contributed by atoms with Gasteiger partial charge in [-0.3, -0.25) is 29.4 Å². The van der Waals surface area contributed by atoms with Gasteiger partial charge in [0.15, 0.2) is 0 Å². The van der Waals surface area contributed by atoms with Gasteiger partial charge in [-0.25, -0.2) is 0 Å². The number of carbonyl (C=O) groups excluding carboxylic acids is 4. The van der Waals surface area contributed by atoms with E-state index in [0.29, 0.717) is 23.2 Å². The first kappa shape index (κ1) is 18.3. The second kappa shape index (κ2) is 6.95. The van der Waals surface area contributed by atoms with Crippen molar-refractivity contribution in [1.29, 1.82) is 0 Å². The number of piperidine rings is 1. The van der Waals surface area contributed by atoms with Crippen LogP contribution in [0.1, 0.15) is 59.2 Å². The van der Waals surface area contributed by atoms with Gasteiger partial charge in [0.2, 0.25) is 11.8 Å². The predicted octanol–water partition coefficient (Wildman–Crippen LogP) is 0.809. The molecule has 3 fully saturated rings. The first-order valence-electron chi connectivity index (χ1n) is 10.4. The SMILES string of the molecule is O=C1CCC(N2C(=O)c3ccc(N4CCN[C@@H]5CCCC[C@H]54)cc3C2=O)C(=O)N1. The molecule has 2 N–H and O–H groups in total. The van der Waals surface area contributed by atoms with E-state index in [-0.39, 0.29) is 18.7 Å². The van der Waals surface area contributed by atoms with Gasteiger partial charge in [-0.2, -0.15) is 0 Å². The van der Waals surface area contributed by atoms with Crippen LogP contribution in [0, 0.1) is 0 Å². The molecule has 3 aliphatic heterocycles. The Labute approximate surface area is 168 Å². The van der Waals surface area contributed by atoms with Crippen molar-refractivity contribution in [1.82, 2.24) is 15.5 Å². The van der Waals surface area contributed by atoms with E-state index >= 15 is 0 Å². The Kier molecular flexibility index (Phi) is 4.38. The number of amides is 4. The van der Waals surface area contributed by atoms with Crippen molar-refractivity contribution in [2.24, 2.45) is 0 Å². The molecule has 8 heteroatoms. The quantitative estimate of drug-likeness (QED) is 0.718. The van der Waals surface area contributed by atoms with Crippen LogP contribution < -0.4 is 15.5 Å². The zero-order chi connectivity index (χ0) is 20.1. The van der Waals surface area contributed by atoms with Crippen molar-refractivity contribution in [2.75, 3.05) is 18.0 Å². The number of piperazine rings is 1. The van der Waals surface area contributed by atoms with E-state index in [4.69, 9.17) is 0 Å². The molecule has 3 heterocycles. The number of carbonyl (C=O) groups is 4. The first-order valence-corrected chi connectivity index (χ1v) is 10.4. The molecule has 1 aliphatic carbocycles. The maximum atomic E-state index is 13.1. The van der Waals surface area contributed by atoms with E-state index < -0.39 is 23.8 Å². The van der Waals surface area contributed by atoms with Gasteiger partial charge in [-0.05, 0) is 37.5 Å².